The van der Waals surface area contributed by atoms with Crippen LogP contribution in [0.4, 0.5) is 0 Å². The van der Waals surface area contributed by atoms with Crippen LogP contribution in [-0.2, 0) is 6.42 Å². The molecule has 0 unspecified atom stereocenters. The van der Waals surface area contributed by atoms with Crippen LogP contribution >= 0.6 is 15.9 Å². The van der Waals surface area contributed by atoms with E-state index < -0.39 is 0 Å². The van der Waals surface area contributed by atoms with Crippen LogP contribution in [0.3, 0.4) is 0 Å². The summed E-state index contributed by atoms with van der Waals surface area (Å²) in [4.78, 5) is 7.68. The lowest BCUT2D eigenvalue weighted by molar-refractivity contribution is 0.297. The predicted octanol–water partition coefficient (Wildman–Crippen LogP) is 2.69. The number of aliphatic hydroxyl groups is 1. The van der Waals surface area contributed by atoms with Crippen LogP contribution < -0.4 is 4.74 Å². The van der Waals surface area contributed by atoms with Gasteiger partial charge in [0.15, 0.2) is 0 Å². The number of nitrogens with zero attached hydrogens (tertiary/aromatic N) is 1. The maximum atomic E-state index is 8.94. The van der Waals surface area contributed by atoms with Crippen LogP contribution in [-0.4, -0.2) is 28.8 Å². The standard InChI is InChI=1S/C13H15BrN2O2/c1-8-13(16-12(15-8)5-6-17)10-7-9(14)3-4-11(10)18-2/h3-4,7,17H,5-6H2,1-2H3,(H,15,16). The van der Waals surface area contributed by atoms with Gasteiger partial charge in [-0.2, -0.15) is 0 Å². The molecule has 0 aliphatic rings. The Hall–Kier alpha value is -1.33. The molecule has 4 nitrogen and oxygen atoms in total. The van der Waals surface area contributed by atoms with Gasteiger partial charge >= 0.3 is 0 Å². The zero-order chi connectivity index (χ0) is 13.1. The van der Waals surface area contributed by atoms with Crippen molar-refractivity contribution in [3.05, 3.63) is 34.2 Å². The molecular weight excluding hydrogens is 296 g/mol. The topological polar surface area (TPSA) is 58.1 Å². The first-order valence-corrected chi connectivity index (χ1v) is 6.45. The highest BCUT2D eigenvalue weighted by Crippen LogP contribution is 2.33. The van der Waals surface area contributed by atoms with Crippen molar-refractivity contribution < 1.29 is 9.84 Å². The third-order valence-corrected chi connectivity index (χ3v) is 3.19. The molecule has 0 aliphatic carbocycles. The average Bonchev–Trinajstić information content (AvgIpc) is 2.70. The van der Waals surface area contributed by atoms with E-state index >= 15 is 0 Å². The van der Waals surface area contributed by atoms with Crippen molar-refractivity contribution >= 4 is 15.9 Å². The van der Waals surface area contributed by atoms with Gasteiger partial charge in [-0.05, 0) is 25.1 Å². The van der Waals surface area contributed by atoms with E-state index in [-0.39, 0.29) is 6.61 Å². The van der Waals surface area contributed by atoms with Gasteiger partial charge in [0.2, 0.25) is 0 Å². The Morgan fingerprint density at radius 2 is 2.22 bits per heavy atom. The molecule has 1 aromatic carbocycles. The summed E-state index contributed by atoms with van der Waals surface area (Å²) in [5.41, 5.74) is 2.76. The summed E-state index contributed by atoms with van der Waals surface area (Å²) < 4.78 is 6.33. The molecule has 0 saturated heterocycles. The summed E-state index contributed by atoms with van der Waals surface area (Å²) in [5, 5.41) is 8.94. The number of methoxy groups -OCH3 is 1. The lowest BCUT2D eigenvalue weighted by Gasteiger charge is -2.07. The van der Waals surface area contributed by atoms with E-state index in [0.29, 0.717) is 6.42 Å². The summed E-state index contributed by atoms with van der Waals surface area (Å²) in [5.74, 6) is 1.57. The van der Waals surface area contributed by atoms with Crippen LogP contribution in [0, 0.1) is 6.92 Å². The van der Waals surface area contributed by atoms with Crippen LogP contribution in [0.15, 0.2) is 22.7 Å². The van der Waals surface area contributed by atoms with Crippen molar-refractivity contribution in [2.24, 2.45) is 0 Å². The Labute approximate surface area is 114 Å². The summed E-state index contributed by atoms with van der Waals surface area (Å²) in [6.45, 7) is 2.05. The summed E-state index contributed by atoms with van der Waals surface area (Å²) >= 11 is 3.45. The normalized spacial score (nSPS) is 10.7. The molecule has 0 saturated carbocycles. The number of aromatic amines is 1. The van der Waals surface area contributed by atoms with Gasteiger partial charge in [-0.3, -0.25) is 0 Å². The van der Waals surface area contributed by atoms with Crippen molar-refractivity contribution in [2.75, 3.05) is 13.7 Å². The molecule has 2 aromatic rings. The first-order valence-electron chi connectivity index (χ1n) is 5.66. The van der Waals surface area contributed by atoms with Gasteiger partial charge in [-0.15, -0.1) is 0 Å². The second kappa shape index (κ2) is 5.54. The number of hydrogen-bond donors (Lipinski definition) is 2. The van der Waals surface area contributed by atoms with E-state index in [4.69, 9.17) is 9.84 Å². The first-order chi connectivity index (χ1) is 8.65. The smallest absolute Gasteiger partial charge is 0.128 e. The summed E-state index contributed by atoms with van der Waals surface area (Å²) in [6.07, 6.45) is 0.525. The summed E-state index contributed by atoms with van der Waals surface area (Å²) in [6, 6.07) is 5.81. The van der Waals surface area contributed by atoms with Gasteiger partial charge in [0.1, 0.15) is 11.6 Å². The highest BCUT2D eigenvalue weighted by atomic mass is 79.9. The Balaban J connectivity index is 2.50. The number of aromatic nitrogens is 2. The minimum atomic E-state index is 0.0853. The van der Waals surface area contributed by atoms with Gasteiger partial charge in [0, 0.05) is 22.2 Å². The van der Waals surface area contributed by atoms with Gasteiger partial charge in [0.25, 0.3) is 0 Å². The van der Waals surface area contributed by atoms with E-state index in [1.807, 2.05) is 25.1 Å². The number of aliphatic hydroxyl groups excluding tert-OH is 1. The third kappa shape index (κ3) is 2.57. The SMILES string of the molecule is COc1ccc(Br)cc1-c1nc(CCO)[nH]c1C. The molecule has 0 fully saturated rings. The molecule has 0 aliphatic heterocycles. The van der Waals surface area contributed by atoms with E-state index in [0.717, 1.165) is 33.0 Å². The second-order valence-electron chi connectivity index (χ2n) is 3.98. The van der Waals surface area contributed by atoms with E-state index in [1.165, 1.54) is 0 Å². The number of aryl methyl sites for hydroxylation is 1. The molecule has 1 aromatic heterocycles. The first kappa shape index (κ1) is 13.1. The van der Waals surface area contributed by atoms with Crippen LogP contribution in [0.1, 0.15) is 11.5 Å². The minimum absolute atomic E-state index is 0.0853. The maximum Gasteiger partial charge on any atom is 0.128 e. The molecule has 0 bridgehead atoms. The van der Waals surface area contributed by atoms with Crippen molar-refractivity contribution in [3.63, 3.8) is 0 Å². The van der Waals surface area contributed by atoms with Crippen LogP contribution in [0.2, 0.25) is 0 Å². The molecule has 2 rings (SSSR count). The molecule has 2 N–H and O–H groups in total. The van der Waals surface area contributed by atoms with Gasteiger partial charge in [-0.1, -0.05) is 15.9 Å². The largest absolute Gasteiger partial charge is 0.496 e. The van der Waals surface area contributed by atoms with Crippen LogP contribution in [0.25, 0.3) is 11.3 Å². The van der Waals surface area contributed by atoms with E-state index in [2.05, 4.69) is 25.9 Å². The summed E-state index contributed by atoms with van der Waals surface area (Å²) in [7, 11) is 1.64. The van der Waals surface area contributed by atoms with Crippen molar-refractivity contribution in [1.82, 2.24) is 9.97 Å². The Morgan fingerprint density at radius 3 is 2.89 bits per heavy atom. The zero-order valence-electron chi connectivity index (χ0n) is 10.3. The number of H-pyrrole nitrogens is 1. The number of rotatable bonds is 4. The average molecular weight is 311 g/mol. The van der Waals surface area contributed by atoms with Gasteiger partial charge < -0.3 is 14.8 Å². The fourth-order valence-electron chi connectivity index (χ4n) is 1.87. The van der Waals surface area contributed by atoms with Crippen LogP contribution in [0.5, 0.6) is 5.75 Å². The lowest BCUT2D eigenvalue weighted by atomic mass is 10.1. The predicted molar refractivity (Wildman–Crippen MR) is 73.8 cm³/mol. The van der Waals surface area contributed by atoms with E-state index in [1.54, 1.807) is 7.11 Å². The zero-order valence-corrected chi connectivity index (χ0v) is 11.9. The number of imidazole rings is 1. The monoisotopic (exact) mass is 310 g/mol. The maximum absolute atomic E-state index is 8.94. The Morgan fingerprint density at radius 1 is 1.44 bits per heavy atom. The fraction of sp³-hybridized carbons (Fsp3) is 0.308. The number of ether oxygens (including phenoxy) is 1. The molecule has 0 spiro atoms. The molecular formula is C13H15BrN2O2. The molecule has 1 heterocycles. The van der Waals surface area contributed by atoms with Crippen molar-refractivity contribution in [3.8, 4) is 17.0 Å². The number of hydrogen-bond acceptors (Lipinski definition) is 3. The van der Waals surface area contributed by atoms with Crippen molar-refractivity contribution in [2.45, 2.75) is 13.3 Å². The highest BCUT2D eigenvalue weighted by molar-refractivity contribution is 9.10. The molecule has 0 radical (unpaired) electrons. The Kier molecular flexibility index (Phi) is 4.04. The molecule has 5 heteroatoms. The molecule has 0 atom stereocenters. The van der Waals surface area contributed by atoms with Gasteiger partial charge in [0.05, 0.1) is 19.4 Å². The Bertz CT molecular complexity index is 552. The third-order valence-electron chi connectivity index (χ3n) is 2.70. The number of halogens is 1. The highest BCUT2D eigenvalue weighted by Gasteiger charge is 2.13. The lowest BCUT2D eigenvalue weighted by Crippen LogP contribution is -1.93. The second-order valence-corrected chi connectivity index (χ2v) is 4.89. The molecule has 96 valence electrons. The molecule has 18 heavy (non-hydrogen) atoms. The minimum Gasteiger partial charge on any atom is -0.496 e. The van der Waals surface area contributed by atoms with Crippen molar-refractivity contribution in [1.29, 1.82) is 0 Å². The van der Waals surface area contributed by atoms with E-state index in [9.17, 15) is 0 Å². The quantitative estimate of drug-likeness (QED) is 0.913. The number of benzene rings is 1. The van der Waals surface area contributed by atoms with Gasteiger partial charge in [-0.25, -0.2) is 4.98 Å². The number of nitrogens with one attached hydrogen (secondary N) is 1. The molecule has 0 amide bonds. The fourth-order valence-corrected chi connectivity index (χ4v) is 2.24.